The second kappa shape index (κ2) is 6.94. The summed E-state index contributed by atoms with van der Waals surface area (Å²) in [5.74, 6) is -0.705. The summed E-state index contributed by atoms with van der Waals surface area (Å²) in [6.45, 7) is -1.52. The molecule has 0 aliphatic heterocycles. The van der Waals surface area contributed by atoms with E-state index in [2.05, 4.69) is 5.32 Å². The number of amides is 1. The van der Waals surface area contributed by atoms with Crippen LogP contribution in [-0.2, 0) is 4.79 Å². The molecule has 0 aromatic rings. The number of aliphatic hydroxyl groups is 1. The van der Waals surface area contributed by atoms with E-state index < -0.39 is 24.7 Å². The molecule has 3 N–H and O–H groups in total. The van der Waals surface area contributed by atoms with Gasteiger partial charge in [0, 0.05) is 6.04 Å². The Hall–Kier alpha value is -0.820. The third kappa shape index (κ3) is 6.20. The van der Waals surface area contributed by atoms with Crippen LogP contribution in [0.4, 0.5) is 13.2 Å². The van der Waals surface area contributed by atoms with Crippen LogP contribution < -0.4 is 10.6 Å². The summed E-state index contributed by atoms with van der Waals surface area (Å²) in [4.78, 5) is 11.2. The van der Waals surface area contributed by atoms with Crippen molar-refractivity contribution in [1.29, 1.82) is 0 Å². The number of carbonyl (C=O) groups is 1. The summed E-state index contributed by atoms with van der Waals surface area (Å²) in [5.41, 5.74) is 0. The lowest BCUT2D eigenvalue weighted by atomic mass is 10.1. The van der Waals surface area contributed by atoms with E-state index >= 15 is 0 Å². The van der Waals surface area contributed by atoms with Gasteiger partial charge >= 0.3 is 6.18 Å². The van der Waals surface area contributed by atoms with E-state index in [0.717, 1.165) is 25.7 Å². The highest BCUT2D eigenvalue weighted by Gasteiger charge is 2.28. The van der Waals surface area contributed by atoms with Gasteiger partial charge in [-0.3, -0.25) is 4.79 Å². The molecule has 1 aliphatic rings. The highest BCUT2D eigenvalue weighted by molar-refractivity contribution is 5.78. The quantitative estimate of drug-likeness (QED) is 0.665. The van der Waals surface area contributed by atoms with Crippen LogP contribution in [0.15, 0.2) is 0 Å². The molecule has 18 heavy (non-hydrogen) atoms. The van der Waals surface area contributed by atoms with Crippen LogP contribution in [0.1, 0.15) is 32.1 Å². The molecule has 0 aromatic heterocycles. The molecule has 0 heterocycles. The number of hydrogen-bond acceptors (Lipinski definition) is 3. The van der Waals surface area contributed by atoms with Gasteiger partial charge in [-0.15, -0.1) is 0 Å². The van der Waals surface area contributed by atoms with Crippen molar-refractivity contribution in [2.24, 2.45) is 0 Å². The Morgan fingerprint density at radius 1 is 1.22 bits per heavy atom. The summed E-state index contributed by atoms with van der Waals surface area (Å²) >= 11 is 0. The number of carbonyl (C=O) groups excluding carboxylic acids is 1. The average molecular weight is 268 g/mol. The summed E-state index contributed by atoms with van der Waals surface area (Å²) in [5, 5.41) is 14.3. The normalized spacial score (nSPS) is 25.6. The minimum Gasteiger partial charge on any atom is -0.392 e. The first-order valence-corrected chi connectivity index (χ1v) is 6.13. The molecule has 1 rings (SSSR count). The molecule has 106 valence electrons. The van der Waals surface area contributed by atoms with Crippen LogP contribution in [-0.4, -0.2) is 42.4 Å². The molecule has 1 fully saturated rings. The zero-order valence-electron chi connectivity index (χ0n) is 10.1. The molecule has 0 radical (unpaired) electrons. The molecule has 0 saturated heterocycles. The van der Waals surface area contributed by atoms with Crippen LogP contribution in [0.5, 0.6) is 0 Å². The van der Waals surface area contributed by atoms with Gasteiger partial charge in [-0.05, 0) is 12.8 Å². The third-order valence-electron chi connectivity index (χ3n) is 2.99. The number of rotatable bonds is 4. The lowest BCUT2D eigenvalue weighted by Crippen LogP contribution is -2.46. The average Bonchev–Trinajstić information content (AvgIpc) is 2.48. The second-order valence-corrected chi connectivity index (χ2v) is 4.58. The van der Waals surface area contributed by atoms with Crippen molar-refractivity contribution < 1.29 is 23.1 Å². The molecule has 2 atom stereocenters. The SMILES string of the molecule is O=C(CNC1CCCCCC1O)NCC(F)(F)F. The lowest BCUT2D eigenvalue weighted by Gasteiger charge is -2.21. The Balaban J connectivity index is 2.24. The fourth-order valence-electron chi connectivity index (χ4n) is 2.01. The first-order valence-electron chi connectivity index (χ1n) is 6.13. The van der Waals surface area contributed by atoms with Crippen LogP contribution in [0.2, 0.25) is 0 Å². The van der Waals surface area contributed by atoms with Crippen molar-refractivity contribution >= 4 is 5.91 Å². The van der Waals surface area contributed by atoms with Crippen LogP contribution in [0, 0.1) is 0 Å². The molecule has 0 bridgehead atoms. The summed E-state index contributed by atoms with van der Waals surface area (Å²) in [7, 11) is 0. The van der Waals surface area contributed by atoms with Crippen molar-refractivity contribution in [3.8, 4) is 0 Å². The monoisotopic (exact) mass is 268 g/mol. The first kappa shape index (κ1) is 15.2. The third-order valence-corrected chi connectivity index (χ3v) is 2.99. The molecule has 1 amide bonds. The Morgan fingerprint density at radius 2 is 1.89 bits per heavy atom. The highest BCUT2D eigenvalue weighted by atomic mass is 19.4. The van der Waals surface area contributed by atoms with Crippen LogP contribution in [0.3, 0.4) is 0 Å². The fourth-order valence-corrected chi connectivity index (χ4v) is 2.01. The van der Waals surface area contributed by atoms with Crippen molar-refractivity contribution in [3.63, 3.8) is 0 Å². The zero-order valence-corrected chi connectivity index (χ0v) is 10.1. The maximum Gasteiger partial charge on any atom is 0.405 e. The minimum absolute atomic E-state index is 0.197. The van der Waals surface area contributed by atoms with E-state index in [0.29, 0.717) is 6.42 Å². The predicted molar refractivity (Wildman–Crippen MR) is 59.9 cm³/mol. The molecule has 7 heteroatoms. The molecule has 4 nitrogen and oxygen atoms in total. The molecular weight excluding hydrogens is 249 g/mol. The van der Waals surface area contributed by atoms with Gasteiger partial charge in [-0.25, -0.2) is 0 Å². The van der Waals surface area contributed by atoms with Gasteiger partial charge in [-0.1, -0.05) is 19.3 Å². The number of nitrogens with one attached hydrogen (secondary N) is 2. The Bertz CT molecular complexity index is 272. The van der Waals surface area contributed by atoms with Gasteiger partial charge in [-0.2, -0.15) is 13.2 Å². The van der Waals surface area contributed by atoms with Gasteiger partial charge in [0.15, 0.2) is 0 Å². The number of aliphatic hydroxyl groups excluding tert-OH is 1. The maximum atomic E-state index is 11.9. The molecule has 1 aliphatic carbocycles. The van der Waals surface area contributed by atoms with Crippen molar-refractivity contribution in [2.45, 2.75) is 50.4 Å². The van der Waals surface area contributed by atoms with Crippen molar-refractivity contribution in [3.05, 3.63) is 0 Å². The van der Waals surface area contributed by atoms with E-state index in [-0.39, 0.29) is 12.6 Å². The van der Waals surface area contributed by atoms with Crippen LogP contribution in [0.25, 0.3) is 0 Å². The van der Waals surface area contributed by atoms with Gasteiger partial charge in [0.2, 0.25) is 5.91 Å². The Morgan fingerprint density at radius 3 is 2.56 bits per heavy atom. The second-order valence-electron chi connectivity index (χ2n) is 4.58. The van der Waals surface area contributed by atoms with Gasteiger partial charge in [0.25, 0.3) is 0 Å². The lowest BCUT2D eigenvalue weighted by molar-refractivity contribution is -0.138. The Kier molecular flexibility index (Phi) is 5.87. The Labute approximate surface area is 104 Å². The molecule has 1 saturated carbocycles. The maximum absolute atomic E-state index is 11.9. The van der Waals surface area contributed by atoms with E-state index in [1.54, 1.807) is 5.32 Å². The smallest absolute Gasteiger partial charge is 0.392 e. The fraction of sp³-hybridized carbons (Fsp3) is 0.909. The number of halogens is 3. The van der Waals surface area contributed by atoms with E-state index in [1.807, 2.05) is 0 Å². The largest absolute Gasteiger partial charge is 0.405 e. The summed E-state index contributed by atoms with van der Waals surface area (Å²) in [6.07, 6.45) is -0.566. The standard InChI is InChI=1S/C11H19F3N2O2/c12-11(13,14)7-16-10(18)6-15-8-4-2-1-3-5-9(8)17/h8-9,15,17H,1-7H2,(H,16,18). The molecule has 0 aromatic carbocycles. The topological polar surface area (TPSA) is 61.4 Å². The predicted octanol–water partition coefficient (Wildman–Crippen LogP) is 0.948. The van der Waals surface area contributed by atoms with E-state index in [9.17, 15) is 23.1 Å². The molecule has 2 unspecified atom stereocenters. The molecule has 0 spiro atoms. The number of hydrogen-bond donors (Lipinski definition) is 3. The van der Waals surface area contributed by atoms with Gasteiger partial charge in [0.1, 0.15) is 6.54 Å². The van der Waals surface area contributed by atoms with E-state index in [1.165, 1.54) is 0 Å². The van der Waals surface area contributed by atoms with Crippen LogP contribution >= 0.6 is 0 Å². The summed E-state index contributed by atoms with van der Waals surface area (Å²) < 4.78 is 35.6. The first-order chi connectivity index (χ1) is 8.38. The highest BCUT2D eigenvalue weighted by Crippen LogP contribution is 2.17. The van der Waals surface area contributed by atoms with Crippen molar-refractivity contribution in [1.82, 2.24) is 10.6 Å². The summed E-state index contributed by atoms with van der Waals surface area (Å²) in [6, 6.07) is -0.205. The van der Waals surface area contributed by atoms with Gasteiger partial charge < -0.3 is 15.7 Å². The van der Waals surface area contributed by atoms with Crippen molar-refractivity contribution in [2.75, 3.05) is 13.1 Å². The van der Waals surface area contributed by atoms with Gasteiger partial charge in [0.05, 0.1) is 12.6 Å². The number of alkyl halides is 3. The minimum atomic E-state index is -4.39. The van der Waals surface area contributed by atoms with E-state index in [4.69, 9.17) is 0 Å². The molecular formula is C11H19F3N2O2. The zero-order chi connectivity index (χ0) is 13.6.